The lowest BCUT2D eigenvalue weighted by atomic mass is 10.1. The van der Waals surface area contributed by atoms with E-state index in [4.69, 9.17) is 0 Å². The number of amides is 2. The summed E-state index contributed by atoms with van der Waals surface area (Å²) in [6, 6.07) is 3.33. The summed E-state index contributed by atoms with van der Waals surface area (Å²) < 4.78 is 0. The second-order valence-electron chi connectivity index (χ2n) is 4.53. The van der Waals surface area contributed by atoms with Crippen LogP contribution in [-0.2, 0) is 0 Å². The maximum absolute atomic E-state index is 12.0. The van der Waals surface area contributed by atoms with Crippen molar-refractivity contribution in [3.05, 3.63) is 29.6 Å². The molecule has 1 aromatic heterocycles. The Balaban J connectivity index is 1.97. The Kier molecular flexibility index (Phi) is 4.46. The zero-order valence-electron chi connectivity index (χ0n) is 10.9. The number of hydrogen-bond acceptors (Lipinski definition) is 4. The van der Waals surface area contributed by atoms with Crippen molar-refractivity contribution in [1.29, 1.82) is 0 Å². The van der Waals surface area contributed by atoms with Crippen LogP contribution in [0.2, 0.25) is 0 Å². The Morgan fingerprint density at radius 1 is 1.37 bits per heavy atom. The Bertz CT molecular complexity index is 452. The van der Waals surface area contributed by atoms with Gasteiger partial charge in [0.2, 0.25) is 0 Å². The van der Waals surface area contributed by atoms with Crippen LogP contribution >= 0.6 is 0 Å². The van der Waals surface area contributed by atoms with E-state index in [-0.39, 0.29) is 17.9 Å². The lowest BCUT2D eigenvalue weighted by Gasteiger charge is -2.23. The molecule has 19 heavy (non-hydrogen) atoms. The van der Waals surface area contributed by atoms with Gasteiger partial charge >= 0.3 is 0 Å². The van der Waals surface area contributed by atoms with E-state index in [9.17, 15) is 9.59 Å². The van der Waals surface area contributed by atoms with E-state index in [1.165, 1.54) is 6.20 Å². The van der Waals surface area contributed by atoms with Gasteiger partial charge in [0.1, 0.15) is 5.69 Å². The van der Waals surface area contributed by atoms with Crippen molar-refractivity contribution < 1.29 is 9.59 Å². The lowest BCUT2D eigenvalue weighted by molar-refractivity contribution is 0.0925. The normalized spacial score (nSPS) is 18.7. The van der Waals surface area contributed by atoms with Gasteiger partial charge in [-0.05, 0) is 31.5 Å². The number of rotatable bonds is 3. The zero-order chi connectivity index (χ0) is 13.7. The van der Waals surface area contributed by atoms with Gasteiger partial charge in [-0.15, -0.1) is 0 Å². The fourth-order valence-electron chi connectivity index (χ4n) is 2.03. The molecule has 1 atom stereocenters. The third-order valence-electron chi connectivity index (χ3n) is 3.12. The average Bonchev–Trinajstić information content (AvgIpc) is 2.47. The minimum absolute atomic E-state index is 0.148. The van der Waals surface area contributed by atoms with E-state index in [1.807, 2.05) is 0 Å². The molecule has 6 heteroatoms. The molecule has 0 aromatic carbocycles. The summed E-state index contributed by atoms with van der Waals surface area (Å²) in [7, 11) is 1.54. The molecule has 3 N–H and O–H groups in total. The van der Waals surface area contributed by atoms with Crippen molar-refractivity contribution in [2.75, 3.05) is 20.1 Å². The molecule has 0 aliphatic carbocycles. The number of carbonyl (C=O) groups is 2. The summed E-state index contributed by atoms with van der Waals surface area (Å²) in [6.45, 7) is 1.81. The first-order valence-electron chi connectivity index (χ1n) is 6.40. The fourth-order valence-corrected chi connectivity index (χ4v) is 2.03. The molecular formula is C13H18N4O2. The number of nitrogens with one attached hydrogen (secondary N) is 3. The number of pyridine rings is 1. The second-order valence-corrected chi connectivity index (χ2v) is 4.53. The van der Waals surface area contributed by atoms with Gasteiger partial charge in [-0.2, -0.15) is 0 Å². The number of carbonyl (C=O) groups excluding carboxylic acids is 2. The molecule has 1 aromatic rings. The maximum Gasteiger partial charge on any atom is 0.269 e. The van der Waals surface area contributed by atoms with Gasteiger partial charge in [-0.25, -0.2) is 0 Å². The summed E-state index contributed by atoms with van der Waals surface area (Å²) in [5, 5.41) is 8.68. The molecule has 1 aliphatic heterocycles. The van der Waals surface area contributed by atoms with Crippen LogP contribution in [0.1, 0.15) is 33.7 Å². The molecule has 2 rings (SSSR count). The molecule has 0 spiro atoms. The molecule has 1 fully saturated rings. The van der Waals surface area contributed by atoms with Crippen LogP contribution in [0.15, 0.2) is 18.3 Å². The Hall–Kier alpha value is -1.95. The monoisotopic (exact) mass is 262 g/mol. The standard InChI is InChI=1S/C13H18N4O2/c1-14-13(19)11-5-4-9(7-16-11)12(18)17-10-3-2-6-15-8-10/h4-5,7,10,15H,2-3,6,8H2,1H3,(H,14,19)(H,17,18)/t10-/m0/s1. The van der Waals surface area contributed by atoms with Gasteiger partial charge in [0.15, 0.2) is 0 Å². The van der Waals surface area contributed by atoms with Crippen molar-refractivity contribution >= 4 is 11.8 Å². The summed E-state index contributed by atoms with van der Waals surface area (Å²) in [5.41, 5.74) is 0.775. The van der Waals surface area contributed by atoms with Crippen LogP contribution in [0.3, 0.4) is 0 Å². The van der Waals surface area contributed by atoms with Crippen molar-refractivity contribution in [2.45, 2.75) is 18.9 Å². The summed E-state index contributed by atoms with van der Waals surface area (Å²) in [6.07, 6.45) is 3.48. The van der Waals surface area contributed by atoms with E-state index >= 15 is 0 Å². The number of hydrogen-bond donors (Lipinski definition) is 3. The molecule has 2 heterocycles. The highest BCUT2D eigenvalue weighted by Crippen LogP contribution is 2.05. The Morgan fingerprint density at radius 3 is 2.79 bits per heavy atom. The van der Waals surface area contributed by atoms with Crippen molar-refractivity contribution in [1.82, 2.24) is 20.9 Å². The number of aromatic nitrogens is 1. The molecule has 1 aliphatic rings. The molecule has 0 bridgehead atoms. The van der Waals surface area contributed by atoms with Gasteiger partial charge < -0.3 is 16.0 Å². The number of piperidine rings is 1. The van der Waals surface area contributed by atoms with Crippen LogP contribution in [0.5, 0.6) is 0 Å². The quantitative estimate of drug-likeness (QED) is 0.711. The zero-order valence-corrected chi connectivity index (χ0v) is 10.9. The first-order chi connectivity index (χ1) is 9.20. The highest BCUT2D eigenvalue weighted by molar-refractivity contribution is 5.96. The third-order valence-corrected chi connectivity index (χ3v) is 3.12. The minimum atomic E-state index is -0.261. The van der Waals surface area contributed by atoms with E-state index < -0.39 is 0 Å². The van der Waals surface area contributed by atoms with Gasteiger partial charge in [-0.3, -0.25) is 14.6 Å². The van der Waals surface area contributed by atoms with Gasteiger partial charge in [0.05, 0.1) is 5.56 Å². The molecule has 0 saturated carbocycles. The van der Waals surface area contributed by atoms with E-state index in [1.54, 1.807) is 19.2 Å². The van der Waals surface area contributed by atoms with Gasteiger partial charge in [0, 0.05) is 25.8 Å². The van der Waals surface area contributed by atoms with E-state index in [0.29, 0.717) is 11.3 Å². The maximum atomic E-state index is 12.0. The average molecular weight is 262 g/mol. The summed E-state index contributed by atoms with van der Waals surface area (Å²) >= 11 is 0. The molecule has 102 valence electrons. The first-order valence-corrected chi connectivity index (χ1v) is 6.40. The van der Waals surface area contributed by atoms with Crippen molar-refractivity contribution in [3.63, 3.8) is 0 Å². The Morgan fingerprint density at radius 2 is 2.21 bits per heavy atom. The van der Waals surface area contributed by atoms with Gasteiger partial charge in [-0.1, -0.05) is 0 Å². The highest BCUT2D eigenvalue weighted by atomic mass is 16.2. The largest absolute Gasteiger partial charge is 0.354 e. The summed E-state index contributed by atoms with van der Waals surface area (Å²) in [5.74, 6) is -0.409. The topological polar surface area (TPSA) is 83.1 Å². The van der Waals surface area contributed by atoms with Crippen LogP contribution in [0.25, 0.3) is 0 Å². The van der Waals surface area contributed by atoms with E-state index in [0.717, 1.165) is 25.9 Å². The Labute approximate surface area is 112 Å². The highest BCUT2D eigenvalue weighted by Gasteiger charge is 2.16. The molecule has 0 radical (unpaired) electrons. The smallest absolute Gasteiger partial charge is 0.269 e. The van der Waals surface area contributed by atoms with Crippen LogP contribution in [-0.4, -0.2) is 43.0 Å². The molecule has 2 amide bonds. The van der Waals surface area contributed by atoms with Crippen LogP contribution in [0, 0.1) is 0 Å². The fraction of sp³-hybridized carbons (Fsp3) is 0.462. The van der Waals surface area contributed by atoms with Crippen molar-refractivity contribution in [2.24, 2.45) is 0 Å². The predicted molar refractivity (Wildman–Crippen MR) is 71.0 cm³/mol. The molecule has 6 nitrogen and oxygen atoms in total. The number of nitrogens with zero attached hydrogens (tertiary/aromatic N) is 1. The SMILES string of the molecule is CNC(=O)c1ccc(C(=O)N[C@H]2CCCNC2)cn1. The minimum Gasteiger partial charge on any atom is -0.354 e. The van der Waals surface area contributed by atoms with Crippen LogP contribution in [0.4, 0.5) is 0 Å². The van der Waals surface area contributed by atoms with E-state index in [2.05, 4.69) is 20.9 Å². The van der Waals surface area contributed by atoms with Gasteiger partial charge in [0.25, 0.3) is 11.8 Å². The first kappa shape index (κ1) is 13.5. The van der Waals surface area contributed by atoms with Crippen LogP contribution < -0.4 is 16.0 Å². The molecule has 0 unspecified atom stereocenters. The molecule has 1 saturated heterocycles. The lowest BCUT2D eigenvalue weighted by Crippen LogP contribution is -2.45. The predicted octanol–water partition coefficient (Wildman–Crippen LogP) is -0.0770. The molecular weight excluding hydrogens is 244 g/mol. The van der Waals surface area contributed by atoms with Crippen molar-refractivity contribution in [3.8, 4) is 0 Å². The third kappa shape index (κ3) is 3.51. The summed E-state index contributed by atoms with van der Waals surface area (Å²) in [4.78, 5) is 27.3. The second kappa shape index (κ2) is 6.29.